The molecule has 0 aromatic heterocycles. The van der Waals surface area contributed by atoms with E-state index < -0.39 is 11.4 Å². The van der Waals surface area contributed by atoms with E-state index in [1.54, 1.807) is 0 Å². The molecular formula is C15H20BrNO3. The van der Waals surface area contributed by atoms with Gasteiger partial charge in [0.2, 0.25) is 0 Å². The molecule has 1 heterocycles. The zero-order valence-corrected chi connectivity index (χ0v) is 13.2. The predicted octanol–water partition coefficient (Wildman–Crippen LogP) is 2.76. The number of nitrogens with zero attached hydrogens (tertiary/aromatic N) is 1. The van der Waals surface area contributed by atoms with Crippen molar-refractivity contribution >= 4 is 21.9 Å². The van der Waals surface area contributed by atoms with Gasteiger partial charge < -0.3 is 14.7 Å². The van der Waals surface area contributed by atoms with Crippen LogP contribution in [0.25, 0.3) is 0 Å². The molecule has 1 N–H and O–H groups in total. The average molecular weight is 342 g/mol. The zero-order valence-electron chi connectivity index (χ0n) is 11.6. The molecule has 0 radical (unpaired) electrons. The Morgan fingerprint density at radius 3 is 2.85 bits per heavy atom. The SMILES string of the molecule is CN(Cc1ccccc1Br)CC1(C(=O)O)CCCOC1. The summed E-state index contributed by atoms with van der Waals surface area (Å²) in [4.78, 5) is 13.7. The molecule has 5 heteroatoms. The van der Waals surface area contributed by atoms with E-state index in [4.69, 9.17) is 4.74 Å². The third-order valence-corrected chi connectivity index (χ3v) is 4.52. The van der Waals surface area contributed by atoms with Crippen molar-refractivity contribution in [2.24, 2.45) is 5.41 Å². The molecule has 4 nitrogen and oxygen atoms in total. The third kappa shape index (κ3) is 3.59. The number of rotatable bonds is 5. The van der Waals surface area contributed by atoms with E-state index in [-0.39, 0.29) is 0 Å². The molecule has 0 bridgehead atoms. The first-order valence-electron chi connectivity index (χ1n) is 6.77. The Morgan fingerprint density at radius 2 is 2.25 bits per heavy atom. The second-order valence-electron chi connectivity index (χ2n) is 5.51. The van der Waals surface area contributed by atoms with E-state index in [2.05, 4.69) is 20.8 Å². The fourth-order valence-corrected chi connectivity index (χ4v) is 3.11. The summed E-state index contributed by atoms with van der Waals surface area (Å²) in [5.74, 6) is -0.754. The average Bonchev–Trinajstić information content (AvgIpc) is 2.42. The normalized spacial score (nSPS) is 22.9. The molecule has 0 aliphatic carbocycles. The van der Waals surface area contributed by atoms with Crippen LogP contribution in [0.5, 0.6) is 0 Å². The highest BCUT2D eigenvalue weighted by Gasteiger charge is 2.41. The van der Waals surface area contributed by atoms with Crippen LogP contribution < -0.4 is 0 Å². The van der Waals surface area contributed by atoms with Gasteiger partial charge in [0, 0.05) is 24.2 Å². The second kappa shape index (κ2) is 6.70. The van der Waals surface area contributed by atoms with Crippen LogP contribution in [0, 0.1) is 5.41 Å². The van der Waals surface area contributed by atoms with Crippen molar-refractivity contribution < 1.29 is 14.6 Å². The van der Waals surface area contributed by atoms with Gasteiger partial charge in [0.05, 0.1) is 6.61 Å². The smallest absolute Gasteiger partial charge is 0.313 e. The van der Waals surface area contributed by atoms with Crippen molar-refractivity contribution in [2.45, 2.75) is 19.4 Å². The number of carbonyl (C=O) groups is 1. The van der Waals surface area contributed by atoms with Crippen molar-refractivity contribution in [1.82, 2.24) is 4.90 Å². The molecule has 1 aliphatic rings. The van der Waals surface area contributed by atoms with E-state index >= 15 is 0 Å². The van der Waals surface area contributed by atoms with Crippen molar-refractivity contribution in [1.29, 1.82) is 0 Å². The van der Waals surface area contributed by atoms with Gasteiger partial charge in [-0.05, 0) is 31.5 Å². The van der Waals surface area contributed by atoms with Crippen LogP contribution in [0.4, 0.5) is 0 Å². The fraction of sp³-hybridized carbons (Fsp3) is 0.533. The minimum atomic E-state index is -0.770. The molecule has 0 amide bonds. The minimum Gasteiger partial charge on any atom is -0.481 e. The molecule has 1 unspecified atom stereocenters. The highest BCUT2D eigenvalue weighted by Crippen LogP contribution is 2.30. The lowest BCUT2D eigenvalue weighted by atomic mass is 9.82. The number of carboxylic acid groups (broad SMARTS) is 1. The van der Waals surface area contributed by atoms with Crippen LogP contribution in [0.15, 0.2) is 28.7 Å². The molecule has 110 valence electrons. The number of ether oxygens (including phenoxy) is 1. The Hall–Kier alpha value is -0.910. The van der Waals surface area contributed by atoms with E-state index in [1.165, 1.54) is 0 Å². The van der Waals surface area contributed by atoms with Gasteiger partial charge in [-0.15, -0.1) is 0 Å². The minimum absolute atomic E-state index is 0.308. The first kappa shape index (κ1) is 15.5. The van der Waals surface area contributed by atoms with Gasteiger partial charge in [-0.25, -0.2) is 0 Å². The number of benzene rings is 1. The lowest BCUT2D eigenvalue weighted by Crippen LogP contribution is -2.47. The Kier molecular flexibility index (Phi) is 5.18. The molecule has 1 aromatic rings. The zero-order chi connectivity index (χ0) is 14.6. The van der Waals surface area contributed by atoms with E-state index in [9.17, 15) is 9.90 Å². The highest BCUT2D eigenvalue weighted by molar-refractivity contribution is 9.10. The van der Waals surface area contributed by atoms with Gasteiger partial charge in [0.15, 0.2) is 0 Å². The van der Waals surface area contributed by atoms with E-state index in [0.717, 1.165) is 23.0 Å². The molecule has 1 saturated heterocycles. The Morgan fingerprint density at radius 1 is 1.50 bits per heavy atom. The highest BCUT2D eigenvalue weighted by atomic mass is 79.9. The van der Waals surface area contributed by atoms with Gasteiger partial charge in [-0.1, -0.05) is 34.1 Å². The van der Waals surface area contributed by atoms with Crippen molar-refractivity contribution in [2.75, 3.05) is 26.8 Å². The second-order valence-corrected chi connectivity index (χ2v) is 6.36. The summed E-state index contributed by atoms with van der Waals surface area (Å²) >= 11 is 3.52. The van der Waals surface area contributed by atoms with Crippen LogP contribution in [0.1, 0.15) is 18.4 Å². The number of hydrogen-bond acceptors (Lipinski definition) is 3. The van der Waals surface area contributed by atoms with Crippen LogP contribution in [0.2, 0.25) is 0 Å². The van der Waals surface area contributed by atoms with Gasteiger partial charge >= 0.3 is 5.97 Å². The Balaban J connectivity index is 2.04. The summed E-state index contributed by atoms with van der Waals surface area (Å²) in [5, 5.41) is 9.54. The third-order valence-electron chi connectivity index (χ3n) is 3.75. The van der Waals surface area contributed by atoms with E-state index in [1.807, 2.05) is 31.3 Å². The number of halogens is 1. The largest absolute Gasteiger partial charge is 0.481 e. The molecule has 0 saturated carbocycles. The van der Waals surface area contributed by atoms with Crippen LogP contribution in [0.3, 0.4) is 0 Å². The van der Waals surface area contributed by atoms with Crippen LogP contribution >= 0.6 is 15.9 Å². The number of aliphatic carboxylic acids is 1. The van der Waals surface area contributed by atoms with Gasteiger partial charge in [0.1, 0.15) is 5.41 Å². The quantitative estimate of drug-likeness (QED) is 0.894. The molecule has 1 fully saturated rings. The Bertz CT molecular complexity index is 472. The number of hydrogen-bond donors (Lipinski definition) is 1. The van der Waals surface area contributed by atoms with Gasteiger partial charge in [-0.3, -0.25) is 4.79 Å². The summed E-state index contributed by atoms with van der Waals surface area (Å²) in [6, 6.07) is 8.01. The van der Waals surface area contributed by atoms with Crippen molar-refractivity contribution in [3.8, 4) is 0 Å². The summed E-state index contributed by atoms with van der Waals surface area (Å²) in [6.45, 7) is 2.20. The standard InChI is InChI=1S/C15H20BrNO3/c1-17(9-12-5-2-3-6-13(12)16)10-15(14(18)19)7-4-8-20-11-15/h2-3,5-6H,4,7-11H2,1H3,(H,18,19). The lowest BCUT2D eigenvalue weighted by molar-refractivity contribution is -0.159. The van der Waals surface area contributed by atoms with Crippen molar-refractivity contribution in [3.05, 3.63) is 34.3 Å². The lowest BCUT2D eigenvalue weighted by Gasteiger charge is -2.36. The summed E-state index contributed by atoms with van der Waals surface area (Å²) in [6.07, 6.45) is 1.50. The van der Waals surface area contributed by atoms with Gasteiger partial charge in [0.25, 0.3) is 0 Å². The Labute approximate surface area is 127 Å². The maximum absolute atomic E-state index is 11.6. The van der Waals surface area contributed by atoms with Crippen LogP contribution in [-0.2, 0) is 16.1 Å². The van der Waals surface area contributed by atoms with Gasteiger partial charge in [-0.2, -0.15) is 0 Å². The monoisotopic (exact) mass is 341 g/mol. The molecule has 1 aromatic carbocycles. The summed E-state index contributed by atoms with van der Waals surface area (Å²) in [7, 11) is 1.96. The summed E-state index contributed by atoms with van der Waals surface area (Å²) in [5.41, 5.74) is 0.390. The first-order valence-corrected chi connectivity index (χ1v) is 7.56. The maximum atomic E-state index is 11.6. The molecule has 2 rings (SSSR count). The molecule has 20 heavy (non-hydrogen) atoms. The van der Waals surface area contributed by atoms with Crippen LogP contribution in [-0.4, -0.2) is 42.8 Å². The number of carboxylic acids is 1. The molecule has 1 aliphatic heterocycles. The molecular weight excluding hydrogens is 322 g/mol. The van der Waals surface area contributed by atoms with E-state index in [0.29, 0.717) is 26.2 Å². The molecule has 0 spiro atoms. The summed E-state index contributed by atoms with van der Waals surface area (Å²) < 4.78 is 6.46. The molecule has 1 atom stereocenters. The maximum Gasteiger partial charge on any atom is 0.313 e. The first-order chi connectivity index (χ1) is 9.53. The van der Waals surface area contributed by atoms with Crippen molar-refractivity contribution in [3.63, 3.8) is 0 Å². The fourth-order valence-electron chi connectivity index (χ4n) is 2.70. The topological polar surface area (TPSA) is 49.8 Å². The predicted molar refractivity (Wildman–Crippen MR) is 80.6 cm³/mol.